The number of rotatable bonds is 4. The summed E-state index contributed by atoms with van der Waals surface area (Å²) in [4.78, 5) is 11.1. The first-order chi connectivity index (χ1) is 9.78. The van der Waals surface area contributed by atoms with Gasteiger partial charge in [0.2, 0.25) is 0 Å². The van der Waals surface area contributed by atoms with Crippen LogP contribution in [0.25, 0.3) is 0 Å². The number of nitrogens with zero attached hydrogens (tertiary/aromatic N) is 4. The van der Waals surface area contributed by atoms with Crippen LogP contribution in [0.2, 0.25) is 0 Å². The minimum absolute atomic E-state index is 0.382. The molecule has 0 saturated heterocycles. The third-order valence-corrected chi connectivity index (χ3v) is 3.80. The minimum atomic E-state index is 0.382. The van der Waals surface area contributed by atoms with Crippen LogP contribution in [0.15, 0.2) is 30.9 Å². The van der Waals surface area contributed by atoms with Crippen LogP contribution in [-0.4, -0.2) is 39.7 Å². The molecule has 20 heavy (non-hydrogen) atoms. The molecule has 106 valence electrons. The lowest BCUT2D eigenvalue weighted by Gasteiger charge is -2.32. The summed E-state index contributed by atoms with van der Waals surface area (Å²) in [5.41, 5.74) is 3.72. The Balaban J connectivity index is 1.79. The second-order valence-electron chi connectivity index (χ2n) is 5.37. The second-order valence-corrected chi connectivity index (χ2v) is 5.37. The first-order valence-corrected chi connectivity index (χ1v) is 6.88. The lowest BCUT2D eigenvalue weighted by atomic mass is 9.98. The fraction of sp³-hybridized carbons (Fsp3) is 0.467. The maximum Gasteiger partial charge on any atom is 0.0949 e. The minimum Gasteiger partial charge on any atom is -0.384 e. The van der Waals surface area contributed by atoms with Crippen molar-refractivity contribution < 1.29 is 4.74 Å². The molecule has 0 fully saturated rings. The average Bonchev–Trinajstić information content (AvgIpc) is 2.82. The predicted molar refractivity (Wildman–Crippen MR) is 76.2 cm³/mol. The average molecular weight is 272 g/mol. The molecular weight excluding hydrogens is 252 g/mol. The normalized spacial score (nSPS) is 19.0. The number of hydrogen-bond donors (Lipinski definition) is 0. The Kier molecular flexibility index (Phi) is 3.80. The number of pyridine rings is 1. The third kappa shape index (κ3) is 2.59. The fourth-order valence-electron chi connectivity index (χ4n) is 3.01. The van der Waals surface area contributed by atoms with Gasteiger partial charge in [0.05, 0.1) is 18.6 Å². The van der Waals surface area contributed by atoms with Gasteiger partial charge in [-0.1, -0.05) is 6.07 Å². The molecule has 0 saturated carbocycles. The number of imidazole rings is 1. The van der Waals surface area contributed by atoms with Crippen LogP contribution in [0.1, 0.15) is 22.9 Å². The van der Waals surface area contributed by atoms with Crippen LogP contribution in [-0.2, 0) is 24.9 Å². The van der Waals surface area contributed by atoms with Gasteiger partial charge in [0.1, 0.15) is 0 Å². The second kappa shape index (κ2) is 5.73. The van der Waals surface area contributed by atoms with Gasteiger partial charge in [-0.25, -0.2) is 4.98 Å². The highest BCUT2D eigenvalue weighted by atomic mass is 16.5. The maximum absolute atomic E-state index is 5.38. The van der Waals surface area contributed by atoms with E-state index in [4.69, 9.17) is 4.74 Å². The first kappa shape index (κ1) is 13.3. The van der Waals surface area contributed by atoms with Gasteiger partial charge >= 0.3 is 0 Å². The molecule has 1 aliphatic heterocycles. The standard InChI is InChI=1S/C15H20N4O/c1-18-11-17-14-9-19(7-12-4-3-5-16-6-12)8-13(10-20-2)15(14)18/h3-6,11,13H,7-10H2,1-2H3/t13-/m1/s1. The molecule has 2 aromatic heterocycles. The molecule has 0 bridgehead atoms. The van der Waals surface area contributed by atoms with E-state index in [0.717, 1.165) is 26.2 Å². The van der Waals surface area contributed by atoms with Gasteiger partial charge in [0.25, 0.3) is 0 Å². The van der Waals surface area contributed by atoms with Crippen molar-refractivity contribution >= 4 is 0 Å². The highest BCUT2D eigenvalue weighted by Crippen LogP contribution is 2.28. The summed E-state index contributed by atoms with van der Waals surface area (Å²) in [6, 6.07) is 4.10. The molecule has 0 aliphatic carbocycles. The largest absolute Gasteiger partial charge is 0.384 e. The summed E-state index contributed by atoms with van der Waals surface area (Å²) in [6.45, 7) is 3.53. The van der Waals surface area contributed by atoms with E-state index in [2.05, 4.69) is 32.5 Å². The Labute approximate surface area is 119 Å². The molecule has 0 radical (unpaired) electrons. The number of hydrogen-bond acceptors (Lipinski definition) is 4. The van der Waals surface area contributed by atoms with Crippen LogP contribution in [0.3, 0.4) is 0 Å². The molecule has 3 rings (SSSR count). The van der Waals surface area contributed by atoms with E-state index in [9.17, 15) is 0 Å². The molecule has 0 unspecified atom stereocenters. The van der Waals surface area contributed by atoms with Crippen LogP contribution in [0.4, 0.5) is 0 Å². The van der Waals surface area contributed by atoms with Crippen molar-refractivity contribution in [3.05, 3.63) is 47.8 Å². The quantitative estimate of drug-likeness (QED) is 0.847. The highest BCUT2D eigenvalue weighted by molar-refractivity contribution is 5.22. The maximum atomic E-state index is 5.38. The number of ether oxygens (including phenoxy) is 1. The van der Waals surface area contributed by atoms with Gasteiger partial charge in [-0.05, 0) is 11.6 Å². The van der Waals surface area contributed by atoms with E-state index in [0.29, 0.717) is 5.92 Å². The Hall–Kier alpha value is -1.72. The summed E-state index contributed by atoms with van der Waals surface area (Å²) in [5, 5.41) is 0. The Morgan fingerprint density at radius 2 is 2.35 bits per heavy atom. The third-order valence-electron chi connectivity index (χ3n) is 3.80. The van der Waals surface area contributed by atoms with Gasteiger partial charge in [0, 0.05) is 57.8 Å². The van der Waals surface area contributed by atoms with Crippen molar-refractivity contribution in [3.8, 4) is 0 Å². The summed E-state index contributed by atoms with van der Waals surface area (Å²) < 4.78 is 7.51. The van der Waals surface area contributed by atoms with Crippen LogP contribution in [0, 0.1) is 0 Å². The molecule has 1 atom stereocenters. The number of methoxy groups -OCH3 is 1. The summed E-state index contributed by atoms with van der Waals surface area (Å²) >= 11 is 0. The Bertz CT molecular complexity index is 567. The molecule has 2 aromatic rings. The van der Waals surface area contributed by atoms with Gasteiger partial charge in [-0.3, -0.25) is 9.88 Å². The zero-order valence-electron chi connectivity index (χ0n) is 12.0. The van der Waals surface area contributed by atoms with E-state index >= 15 is 0 Å². The molecule has 5 heteroatoms. The van der Waals surface area contributed by atoms with E-state index in [1.54, 1.807) is 7.11 Å². The summed E-state index contributed by atoms with van der Waals surface area (Å²) in [7, 11) is 3.82. The monoisotopic (exact) mass is 272 g/mol. The zero-order valence-corrected chi connectivity index (χ0v) is 12.0. The van der Waals surface area contributed by atoms with E-state index < -0.39 is 0 Å². The Morgan fingerprint density at radius 1 is 1.45 bits per heavy atom. The fourth-order valence-corrected chi connectivity index (χ4v) is 3.01. The Morgan fingerprint density at radius 3 is 3.10 bits per heavy atom. The molecular formula is C15H20N4O. The number of aryl methyl sites for hydroxylation is 1. The van der Waals surface area contributed by atoms with Crippen molar-refractivity contribution in [2.24, 2.45) is 7.05 Å². The smallest absolute Gasteiger partial charge is 0.0949 e. The first-order valence-electron chi connectivity index (χ1n) is 6.88. The predicted octanol–water partition coefficient (Wildman–Crippen LogP) is 1.56. The van der Waals surface area contributed by atoms with Gasteiger partial charge in [-0.2, -0.15) is 0 Å². The lowest BCUT2D eigenvalue weighted by Crippen LogP contribution is -2.35. The van der Waals surface area contributed by atoms with Crippen molar-refractivity contribution in [2.45, 2.75) is 19.0 Å². The summed E-state index contributed by atoms with van der Waals surface area (Å²) in [6.07, 6.45) is 5.64. The van der Waals surface area contributed by atoms with Gasteiger partial charge in [-0.15, -0.1) is 0 Å². The SMILES string of the molecule is COC[C@H]1CN(Cc2cccnc2)Cc2ncn(C)c21. The molecule has 5 nitrogen and oxygen atoms in total. The van der Waals surface area contributed by atoms with Crippen molar-refractivity contribution in [3.63, 3.8) is 0 Å². The molecule has 0 N–H and O–H groups in total. The molecule has 0 aromatic carbocycles. The van der Waals surface area contributed by atoms with Crippen LogP contribution in [0.5, 0.6) is 0 Å². The van der Waals surface area contributed by atoms with Crippen molar-refractivity contribution in [2.75, 3.05) is 20.3 Å². The molecule has 0 spiro atoms. The molecule has 0 amide bonds. The van der Waals surface area contributed by atoms with E-state index in [1.807, 2.05) is 24.8 Å². The van der Waals surface area contributed by atoms with E-state index in [1.165, 1.54) is 17.0 Å². The van der Waals surface area contributed by atoms with Gasteiger partial charge < -0.3 is 9.30 Å². The highest BCUT2D eigenvalue weighted by Gasteiger charge is 2.28. The van der Waals surface area contributed by atoms with E-state index in [-0.39, 0.29) is 0 Å². The van der Waals surface area contributed by atoms with Crippen LogP contribution < -0.4 is 0 Å². The molecule has 3 heterocycles. The van der Waals surface area contributed by atoms with Crippen molar-refractivity contribution in [1.82, 2.24) is 19.4 Å². The summed E-state index contributed by atoms with van der Waals surface area (Å²) in [5.74, 6) is 0.382. The molecule has 1 aliphatic rings. The zero-order chi connectivity index (χ0) is 13.9. The van der Waals surface area contributed by atoms with Gasteiger partial charge in [0.15, 0.2) is 0 Å². The van der Waals surface area contributed by atoms with Crippen LogP contribution >= 0.6 is 0 Å². The van der Waals surface area contributed by atoms with Crippen molar-refractivity contribution in [1.29, 1.82) is 0 Å². The topological polar surface area (TPSA) is 43.2 Å². The lowest BCUT2D eigenvalue weighted by molar-refractivity contribution is 0.132. The number of aromatic nitrogens is 3. The number of fused-ring (bicyclic) bond motifs is 1.